The lowest BCUT2D eigenvalue weighted by Gasteiger charge is -2.14. The second-order valence-electron chi connectivity index (χ2n) is 7.19. The summed E-state index contributed by atoms with van der Waals surface area (Å²) in [5, 5.41) is 13.2. The lowest BCUT2D eigenvalue weighted by atomic mass is 10.1. The van der Waals surface area contributed by atoms with Crippen molar-refractivity contribution in [2.45, 2.75) is 6.54 Å². The number of rotatable bonds is 5. The van der Waals surface area contributed by atoms with Gasteiger partial charge in [0.1, 0.15) is 4.83 Å². The number of amides is 2. The number of thiophene rings is 1. The van der Waals surface area contributed by atoms with E-state index in [4.69, 9.17) is 0 Å². The van der Waals surface area contributed by atoms with Crippen LogP contribution in [0, 0.1) is 10.1 Å². The molecule has 0 atom stereocenters. The molecule has 32 heavy (non-hydrogen) atoms. The number of non-ortho nitro benzene ring substituents is 1. The van der Waals surface area contributed by atoms with Gasteiger partial charge in [-0.05, 0) is 17.7 Å². The van der Waals surface area contributed by atoms with E-state index in [-0.39, 0.29) is 36.2 Å². The Hall–Kier alpha value is -4.18. The van der Waals surface area contributed by atoms with E-state index in [2.05, 4.69) is 4.98 Å². The first-order valence-corrected chi connectivity index (χ1v) is 10.5. The summed E-state index contributed by atoms with van der Waals surface area (Å²) in [5.41, 5.74) is 1.39. The molecule has 4 aromatic rings. The molecule has 0 N–H and O–H groups in total. The number of hydrogen-bond donors (Lipinski definition) is 0. The number of aromatic nitrogens is 2. The molecule has 2 aromatic heterocycles. The first-order chi connectivity index (χ1) is 15.5. The van der Waals surface area contributed by atoms with Gasteiger partial charge < -0.3 is 0 Å². The normalized spacial score (nSPS) is 13.1. The van der Waals surface area contributed by atoms with Crippen molar-refractivity contribution in [3.05, 3.63) is 91.8 Å². The van der Waals surface area contributed by atoms with Gasteiger partial charge in [0, 0.05) is 36.2 Å². The van der Waals surface area contributed by atoms with E-state index >= 15 is 0 Å². The average Bonchev–Trinajstić information content (AvgIpc) is 3.34. The molecule has 0 saturated heterocycles. The minimum Gasteiger partial charge on any atom is -0.297 e. The first-order valence-electron chi connectivity index (χ1n) is 9.62. The van der Waals surface area contributed by atoms with Crippen molar-refractivity contribution >= 4 is 39.1 Å². The molecule has 2 aromatic carbocycles. The van der Waals surface area contributed by atoms with Crippen LogP contribution in [0.1, 0.15) is 20.7 Å². The summed E-state index contributed by atoms with van der Waals surface area (Å²) in [6.45, 7) is 0.104. The van der Waals surface area contributed by atoms with Gasteiger partial charge in [-0.15, -0.1) is 11.3 Å². The summed E-state index contributed by atoms with van der Waals surface area (Å²) in [7, 11) is 0. The van der Waals surface area contributed by atoms with Gasteiger partial charge in [0.2, 0.25) is 0 Å². The molecule has 3 heterocycles. The van der Waals surface area contributed by atoms with Crippen LogP contribution in [-0.4, -0.2) is 37.7 Å². The fraction of sp³-hybridized carbons (Fsp3) is 0.0909. The predicted molar refractivity (Wildman–Crippen MR) is 118 cm³/mol. The van der Waals surface area contributed by atoms with E-state index in [0.717, 1.165) is 4.90 Å². The van der Waals surface area contributed by atoms with E-state index in [0.29, 0.717) is 32.5 Å². The molecule has 1 aliphatic rings. The van der Waals surface area contributed by atoms with Crippen LogP contribution in [0.3, 0.4) is 0 Å². The van der Waals surface area contributed by atoms with Gasteiger partial charge in [-0.1, -0.05) is 24.3 Å². The summed E-state index contributed by atoms with van der Waals surface area (Å²) in [6, 6.07) is 12.7. The molecule has 158 valence electrons. The molecule has 1 aliphatic heterocycles. The van der Waals surface area contributed by atoms with Gasteiger partial charge in [-0.25, -0.2) is 4.98 Å². The average molecular weight is 446 g/mol. The van der Waals surface area contributed by atoms with Gasteiger partial charge in [0.05, 0.1) is 27.8 Å². The number of fused-ring (bicyclic) bond motifs is 2. The van der Waals surface area contributed by atoms with Gasteiger partial charge in [0.15, 0.2) is 0 Å². The van der Waals surface area contributed by atoms with E-state index in [9.17, 15) is 24.5 Å². The summed E-state index contributed by atoms with van der Waals surface area (Å²) >= 11 is 1.27. The molecule has 0 spiro atoms. The monoisotopic (exact) mass is 446 g/mol. The fourth-order valence-corrected chi connectivity index (χ4v) is 4.68. The van der Waals surface area contributed by atoms with E-state index in [1.54, 1.807) is 41.8 Å². The van der Waals surface area contributed by atoms with E-state index < -0.39 is 4.92 Å². The van der Waals surface area contributed by atoms with Crippen LogP contribution in [0.25, 0.3) is 21.3 Å². The minimum atomic E-state index is -0.489. The third-order valence-corrected chi connectivity index (χ3v) is 6.26. The Morgan fingerprint density at radius 1 is 0.938 bits per heavy atom. The number of carbonyl (C=O) groups excluding carboxylic acids is 2. The lowest BCUT2D eigenvalue weighted by molar-refractivity contribution is -0.384. The SMILES string of the molecule is O=C1c2ccccc2C(=O)N1CCn1cnc2scc(-c3cccc([N+](=O)[O-])c3)c2c1=O. The highest BCUT2D eigenvalue weighted by molar-refractivity contribution is 7.17. The van der Waals surface area contributed by atoms with Gasteiger partial charge >= 0.3 is 0 Å². The molecular weight excluding hydrogens is 432 g/mol. The van der Waals surface area contributed by atoms with Crippen LogP contribution in [0.5, 0.6) is 0 Å². The molecule has 0 radical (unpaired) electrons. The van der Waals surface area contributed by atoms with E-state index in [1.807, 2.05) is 0 Å². The van der Waals surface area contributed by atoms with Crippen LogP contribution in [-0.2, 0) is 6.54 Å². The summed E-state index contributed by atoms with van der Waals surface area (Å²) in [6.07, 6.45) is 1.39. The molecule has 0 aliphatic carbocycles. The minimum absolute atomic E-state index is 0.0235. The summed E-state index contributed by atoms with van der Waals surface area (Å²) in [4.78, 5) is 54.9. The number of carbonyl (C=O) groups is 2. The Balaban J connectivity index is 1.47. The zero-order chi connectivity index (χ0) is 22.4. The van der Waals surface area contributed by atoms with Crippen molar-refractivity contribution in [3.8, 4) is 11.1 Å². The molecule has 0 fully saturated rings. The van der Waals surface area contributed by atoms with Crippen molar-refractivity contribution in [3.63, 3.8) is 0 Å². The van der Waals surface area contributed by atoms with Crippen molar-refractivity contribution in [2.24, 2.45) is 0 Å². The maximum Gasteiger partial charge on any atom is 0.270 e. The molecular formula is C22H14N4O5S. The highest BCUT2D eigenvalue weighted by Crippen LogP contribution is 2.32. The van der Waals surface area contributed by atoms with Crippen molar-refractivity contribution in [1.29, 1.82) is 0 Å². The van der Waals surface area contributed by atoms with Crippen LogP contribution in [0.15, 0.2) is 65.0 Å². The molecule has 5 rings (SSSR count). The largest absolute Gasteiger partial charge is 0.297 e. The van der Waals surface area contributed by atoms with Gasteiger partial charge in [0.25, 0.3) is 23.1 Å². The number of hydrogen-bond acceptors (Lipinski definition) is 7. The molecule has 0 bridgehead atoms. The maximum absolute atomic E-state index is 13.2. The molecule has 2 amide bonds. The Labute approximate surface area is 184 Å². The number of nitrogens with zero attached hydrogens (tertiary/aromatic N) is 4. The molecule has 9 nitrogen and oxygen atoms in total. The van der Waals surface area contributed by atoms with Crippen LogP contribution in [0.4, 0.5) is 5.69 Å². The van der Waals surface area contributed by atoms with Crippen LogP contribution >= 0.6 is 11.3 Å². The zero-order valence-corrected chi connectivity index (χ0v) is 17.2. The second-order valence-corrected chi connectivity index (χ2v) is 8.05. The Bertz CT molecular complexity index is 1450. The standard InChI is InChI=1S/C22H14N4O5S/c27-20-15-6-1-2-7-16(15)21(28)25(20)9-8-24-12-23-19-18(22(24)29)17(11-32-19)13-4-3-5-14(10-13)26(30)31/h1-7,10-12H,8-9H2. The number of benzene rings is 2. The number of nitro groups is 1. The summed E-state index contributed by atoms with van der Waals surface area (Å²) in [5.74, 6) is -0.777. The van der Waals surface area contributed by atoms with Gasteiger partial charge in [-0.3, -0.25) is 34.0 Å². The molecule has 0 saturated carbocycles. The smallest absolute Gasteiger partial charge is 0.270 e. The quantitative estimate of drug-likeness (QED) is 0.264. The first kappa shape index (κ1) is 19.8. The van der Waals surface area contributed by atoms with Crippen molar-refractivity contribution < 1.29 is 14.5 Å². The molecule has 10 heteroatoms. The van der Waals surface area contributed by atoms with Gasteiger partial charge in [-0.2, -0.15) is 0 Å². The van der Waals surface area contributed by atoms with E-state index in [1.165, 1.54) is 34.4 Å². The Kier molecular flexibility index (Phi) is 4.63. The third-order valence-electron chi connectivity index (χ3n) is 5.37. The number of nitro benzene ring substituents is 1. The maximum atomic E-state index is 13.2. The zero-order valence-electron chi connectivity index (χ0n) is 16.4. The predicted octanol–water partition coefficient (Wildman–Crippen LogP) is 3.33. The Morgan fingerprint density at radius 3 is 2.34 bits per heavy atom. The topological polar surface area (TPSA) is 115 Å². The highest BCUT2D eigenvalue weighted by atomic mass is 32.1. The third kappa shape index (κ3) is 3.08. The highest BCUT2D eigenvalue weighted by Gasteiger charge is 2.34. The van der Waals surface area contributed by atoms with Crippen LogP contribution < -0.4 is 5.56 Å². The van der Waals surface area contributed by atoms with Crippen molar-refractivity contribution in [1.82, 2.24) is 14.5 Å². The van der Waals surface area contributed by atoms with Crippen molar-refractivity contribution in [2.75, 3.05) is 6.54 Å². The number of imide groups is 1. The second kappa shape index (κ2) is 7.50. The van der Waals surface area contributed by atoms with Crippen LogP contribution in [0.2, 0.25) is 0 Å². The lowest BCUT2D eigenvalue weighted by Crippen LogP contribution is -2.35. The fourth-order valence-electron chi connectivity index (χ4n) is 3.78. The summed E-state index contributed by atoms with van der Waals surface area (Å²) < 4.78 is 1.35. The Morgan fingerprint density at radius 2 is 1.66 bits per heavy atom. The molecule has 0 unspecified atom stereocenters.